The molecule has 2 rings (SSSR count). The Morgan fingerprint density at radius 1 is 1.42 bits per heavy atom. The first-order chi connectivity index (χ1) is 9.08. The van der Waals surface area contributed by atoms with E-state index in [1.54, 1.807) is 19.1 Å². The molecule has 1 heterocycles. The Hall–Kier alpha value is -1.52. The maximum Gasteiger partial charge on any atom is 0.256 e. The molecule has 2 aromatic rings. The molecule has 1 N–H and O–H groups in total. The van der Waals surface area contributed by atoms with E-state index in [0.717, 1.165) is 5.56 Å². The molecule has 1 aromatic heterocycles. The van der Waals surface area contributed by atoms with Gasteiger partial charge in [-0.25, -0.2) is 0 Å². The van der Waals surface area contributed by atoms with E-state index in [9.17, 15) is 4.79 Å². The fraction of sp³-hybridized carbons (Fsp3) is 0.231. The Bertz CT molecular complexity index is 596. The van der Waals surface area contributed by atoms with Crippen molar-refractivity contribution < 1.29 is 9.32 Å². The average molecular weight is 299 g/mol. The minimum atomic E-state index is -0.205. The van der Waals surface area contributed by atoms with Crippen LogP contribution in [-0.4, -0.2) is 17.6 Å². The Morgan fingerprint density at radius 2 is 2.21 bits per heavy atom. The van der Waals surface area contributed by atoms with Gasteiger partial charge in [0.25, 0.3) is 5.91 Å². The molecule has 0 aliphatic heterocycles. The van der Waals surface area contributed by atoms with E-state index in [4.69, 9.17) is 27.7 Å². The van der Waals surface area contributed by atoms with E-state index < -0.39 is 0 Å². The van der Waals surface area contributed by atoms with Gasteiger partial charge in [-0.1, -0.05) is 34.4 Å². The smallest absolute Gasteiger partial charge is 0.256 e. The van der Waals surface area contributed by atoms with Gasteiger partial charge in [-0.3, -0.25) is 4.79 Å². The van der Waals surface area contributed by atoms with Crippen molar-refractivity contribution in [2.24, 2.45) is 0 Å². The average Bonchev–Trinajstić information content (AvgIpc) is 2.78. The number of carbonyl (C=O) groups is 1. The lowest BCUT2D eigenvalue weighted by Gasteiger charge is -2.06. The zero-order valence-corrected chi connectivity index (χ0v) is 11.8. The fourth-order valence-electron chi connectivity index (χ4n) is 1.65. The number of carbonyl (C=O) groups excluding carboxylic acids is 1. The molecule has 0 saturated heterocycles. The highest BCUT2D eigenvalue weighted by molar-refractivity contribution is 6.35. The van der Waals surface area contributed by atoms with Crippen LogP contribution < -0.4 is 5.32 Å². The van der Waals surface area contributed by atoms with Crippen LogP contribution in [0.2, 0.25) is 10.0 Å². The lowest BCUT2D eigenvalue weighted by Crippen LogP contribution is -2.25. The van der Waals surface area contributed by atoms with Crippen molar-refractivity contribution in [1.29, 1.82) is 0 Å². The molecule has 0 aliphatic rings. The van der Waals surface area contributed by atoms with Crippen molar-refractivity contribution >= 4 is 29.1 Å². The highest BCUT2D eigenvalue weighted by atomic mass is 35.5. The van der Waals surface area contributed by atoms with Crippen LogP contribution in [0.1, 0.15) is 21.7 Å². The lowest BCUT2D eigenvalue weighted by molar-refractivity contribution is 0.0952. The lowest BCUT2D eigenvalue weighted by atomic mass is 10.1. The zero-order valence-electron chi connectivity index (χ0n) is 10.2. The summed E-state index contributed by atoms with van der Waals surface area (Å²) in [7, 11) is 0. The van der Waals surface area contributed by atoms with E-state index >= 15 is 0 Å². The first kappa shape index (κ1) is 13.9. The number of amides is 1. The number of rotatable bonds is 4. The maximum atomic E-state index is 11.8. The van der Waals surface area contributed by atoms with Crippen molar-refractivity contribution in [2.45, 2.75) is 13.3 Å². The van der Waals surface area contributed by atoms with Crippen LogP contribution in [0.5, 0.6) is 0 Å². The van der Waals surface area contributed by atoms with Gasteiger partial charge < -0.3 is 9.84 Å². The van der Waals surface area contributed by atoms with Gasteiger partial charge in [0.05, 0.1) is 6.20 Å². The highest BCUT2D eigenvalue weighted by Gasteiger charge is 2.12. The maximum absolute atomic E-state index is 11.8. The third-order valence-electron chi connectivity index (χ3n) is 2.69. The molecule has 4 nitrogen and oxygen atoms in total. The first-order valence-corrected chi connectivity index (χ1v) is 6.47. The minimum Gasteiger partial charge on any atom is -0.361 e. The van der Waals surface area contributed by atoms with Gasteiger partial charge in [0.2, 0.25) is 0 Å². The normalized spacial score (nSPS) is 10.5. The second-order valence-corrected chi connectivity index (χ2v) is 4.88. The van der Waals surface area contributed by atoms with Crippen LogP contribution in [-0.2, 0) is 6.42 Å². The minimum absolute atomic E-state index is 0.205. The van der Waals surface area contributed by atoms with E-state index in [2.05, 4.69) is 10.5 Å². The molecule has 0 spiro atoms. The van der Waals surface area contributed by atoms with Crippen molar-refractivity contribution in [3.8, 4) is 0 Å². The summed E-state index contributed by atoms with van der Waals surface area (Å²) in [4.78, 5) is 11.8. The Kier molecular flexibility index (Phi) is 4.45. The summed E-state index contributed by atoms with van der Waals surface area (Å²) in [5, 5.41) is 7.54. The summed E-state index contributed by atoms with van der Waals surface area (Å²) in [5.41, 5.74) is 1.38. The van der Waals surface area contributed by atoms with Crippen LogP contribution in [0.4, 0.5) is 0 Å². The molecule has 0 unspecified atom stereocenters. The molecule has 6 heteroatoms. The van der Waals surface area contributed by atoms with Crippen molar-refractivity contribution in [2.75, 3.05) is 6.54 Å². The van der Waals surface area contributed by atoms with Crippen LogP contribution >= 0.6 is 23.2 Å². The molecular weight excluding hydrogens is 287 g/mol. The van der Waals surface area contributed by atoms with Gasteiger partial charge in [-0.15, -0.1) is 0 Å². The summed E-state index contributed by atoms with van der Waals surface area (Å²) >= 11 is 11.9. The van der Waals surface area contributed by atoms with Gasteiger partial charge in [0, 0.05) is 16.6 Å². The van der Waals surface area contributed by atoms with Crippen LogP contribution in [0, 0.1) is 6.92 Å². The predicted octanol–water partition coefficient (Wildman–Crippen LogP) is 3.26. The monoisotopic (exact) mass is 298 g/mol. The quantitative estimate of drug-likeness (QED) is 0.942. The molecule has 0 saturated carbocycles. The van der Waals surface area contributed by atoms with Gasteiger partial charge in [0.15, 0.2) is 0 Å². The number of benzene rings is 1. The molecule has 1 aromatic carbocycles. The Morgan fingerprint density at radius 3 is 2.84 bits per heavy atom. The van der Waals surface area contributed by atoms with Crippen molar-refractivity contribution in [3.63, 3.8) is 0 Å². The summed E-state index contributed by atoms with van der Waals surface area (Å²) < 4.78 is 4.84. The molecular formula is C13H12Cl2N2O2. The Balaban J connectivity index is 1.90. The number of hydrogen-bond acceptors (Lipinski definition) is 3. The molecule has 0 fully saturated rings. The summed E-state index contributed by atoms with van der Waals surface area (Å²) in [6.45, 7) is 2.17. The van der Waals surface area contributed by atoms with Gasteiger partial charge >= 0.3 is 0 Å². The molecule has 19 heavy (non-hydrogen) atoms. The van der Waals surface area contributed by atoms with Crippen molar-refractivity contribution in [1.82, 2.24) is 10.5 Å². The molecule has 0 aliphatic carbocycles. The largest absolute Gasteiger partial charge is 0.361 e. The molecule has 100 valence electrons. The van der Waals surface area contributed by atoms with Crippen molar-refractivity contribution in [3.05, 3.63) is 51.3 Å². The Labute approximate surface area is 120 Å². The summed E-state index contributed by atoms with van der Waals surface area (Å²) in [6.07, 6.45) is 2.03. The van der Waals surface area contributed by atoms with E-state index in [-0.39, 0.29) is 5.91 Å². The zero-order chi connectivity index (χ0) is 13.8. The SMILES string of the molecule is Cc1oncc1C(=O)NCCc1ccc(Cl)cc1Cl. The number of aryl methyl sites for hydroxylation is 1. The number of nitrogens with one attached hydrogen (secondary N) is 1. The van der Waals surface area contributed by atoms with Gasteiger partial charge in [-0.2, -0.15) is 0 Å². The molecule has 1 amide bonds. The van der Waals surface area contributed by atoms with Crippen LogP contribution in [0.25, 0.3) is 0 Å². The highest BCUT2D eigenvalue weighted by Crippen LogP contribution is 2.21. The van der Waals surface area contributed by atoms with Gasteiger partial charge in [0.1, 0.15) is 11.3 Å². The van der Waals surface area contributed by atoms with E-state index in [1.165, 1.54) is 6.20 Å². The third-order valence-corrected chi connectivity index (χ3v) is 3.28. The fourth-order valence-corrected chi connectivity index (χ4v) is 2.15. The van der Waals surface area contributed by atoms with E-state index in [0.29, 0.717) is 34.3 Å². The predicted molar refractivity (Wildman–Crippen MR) is 73.7 cm³/mol. The number of halogens is 2. The summed E-state index contributed by atoms with van der Waals surface area (Å²) in [5.74, 6) is 0.297. The molecule has 0 radical (unpaired) electrons. The molecule has 0 bridgehead atoms. The number of nitrogens with zero attached hydrogens (tertiary/aromatic N) is 1. The van der Waals surface area contributed by atoms with Crippen LogP contribution in [0.3, 0.4) is 0 Å². The molecule has 0 atom stereocenters. The standard InChI is InChI=1S/C13H12Cl2N2O2/c1-8-11(7-17-19-8)13(18)16-5-4-9-2-3-10(14)6-12(9)15/h2-3,6-7H,4-5H2,1H3,(H,16,18). The number of hydrogen-bond donors (Lipinski definition) is 1. The topological polar surface area (TPSA) is 55.1 Å². The number of aromatic nitrogens is 1. The summed E-state index contributed by atoms with van der Waals surface area (Å²) in [6, 6.07) is 5.31. The second kappa shape index (κ2) is 6.08. The van der Waals surface area contributed by atoms with Gasteiger partial charge in [-0.05, 0) is 31.0 Å². The third kappa shape index (κ3) is 3.49. The first-order valence-electron chi connectivity index (χ1n) is 5.71. The van der Waals surface area contributed by atoms with Crippen LogP contribution in [0.15, 0.2) is 28.9 Å². The second-order valence-electron chi connectivity index (χ2n) is 4.04. The van der Waals surface area contributed by atoms with E-state index in [1.807, 2.05) is 6.07 Å².